The lowest BCUT2D eigenvalue weighted by Crippen LogP contribution is -2.45. The Morgan fingerprint density at radius 1 is 1.20 bits per heavy atom. The molecule has 1 aromatic carbocycles. The zero-order chi connectivity index (χ0) is 22.1. The molecule has 0 atom stereocenters. The van der Waals surface area contributed by atoms with Crippen LogP contribution < -0.4 is 5.32 Å². The maximum Gasteiger partial charge on any atom is 0.322 e. The quantitative estimate of drug-likeness (QED) is 0.616. The zero-order valence-corrected chi connectivity index (χ0v) is 18.9. The molecule has 0 fully saturated rings. The fraction of sp³-hybridized carbons (Fsp3) is 0.455. The van der Waals surface area contributed by atoms with Crippen molar-refractivity contribution in [2.75, 3.05) is 38.7 Å². The van der Waals surface area contributed by atoms with Gasteiger partial charge in [-0.25, -0.2) is 4.79 Å². The van der Waals surface area contributed by atoms with Gasteiger partial charge >= 0.3 is 6.03 Å². The van der Waals surface area contributed by atoms with Crippen LogP contribution in [0.3, 0.4) is 0 Å². The summed E-state index contributed by atoms with van der Waals surface area (Å²) < 4.78 is 7.14. The number of hydrogen-bond acceptors (Lipinski definition) is 3. The summed E-state index contributed by atoms with van der Waals surface area (Å²) in [6, 6.07) is 8.95. The SMILES string of the molecule is CCCN(CC(=O)N(CCOC)Cc1cccn1C)C(=O)Nc1ccc(C)c(Cl)c1. The van der Waals surface area contributed by atoms with Crippen molar-refractivity contribution < 1.29 is 14.3 Å². The first-order valence-electron chi connectivity index (χ1n) is 10.0. The third kappa shape index (κ3) is 6.78. The highest BCUT2D eigenvalue weighted by Crippen LogP contribution is 2.20. The lowest BCUT2D eigenvalue weighted by molar-refractivity contribution is -0.133. The van der Waals surface area contributed by atoms with Crippen molar-refractivity contribution in [3.05, 3.63) is 52.8 Å². The largest absolute Gasteiger partial charge is 0.383 e. The summed E-state index contributed by atoms with van der Waals surface area (Å²) in [6.07, 6.45) is 2.68. The highest BCUT2D eigenvalue weighted by atomic mass is 35.5. The number of carbonyl (C=O) groups excluding carboxylic acids is 2. The summed E-state index contributed by atoms with van der Waals surface area (Å²) in [7, 11) is 3.55. The summed E-state index contributed by atoms with van der Waals surface area (Å²) in [6.45, 7) is 5.68. The molecule has 0 saturated carbocycles. The van der Waals surface area contributed by atoms with Gasteiger partial charge in [0.25, 0.3) is 0 Å². The van der Waals surface area contributed by atoms with E-state index < -0.39 is 0 Å². The molecule has 1 aromatic heterocycles. The molecular formula is C22H31ClN4O3. The summed E-state index contributed by atoms with van der Waals surface area (Å²) >= 11 is 6.15. The van der Waals surface area contributed by atoms with Gasteiger partial charge < -0.3 is 24.4 Å². The van der Waals surface area contributed by atoms with Crippen LogP contribution in [0.25, 0.3) is 0 Å². The van der Waals surface area contributed by atoms with Crippen LogP contribution in [0, 0.1) is 6.92 Å². The van der Waals surface area contributed by atoms with E-state index in [1.807, 2.05) is 49.9 Å². The van der Waals surface area contributed by atoms with Crippen LogP contribution in [0.4, 0.5) is 10.5 Å². The third-order valence-corrected chi connectivity index (χ3v) is 5.26. The van der Waals surface area contributed by atoms with Gasteiger partial charge in [-0.2, -0.15) is 0 Å². The molecule has 2 rings (SSSR count). The summed E-state index contributed by atoms with van der Waals surface area (Å²) in [5, 5.41) is 3.42. The first kappa shape index (κ1) is 23.8. The molecule has 0 spiro atoms. The second kappa shape index (κ2) is 11.6. The van der Waals surface area contributed by atoms with Crippen LogP contribution in [0.15, 0.2) is 36.5 Å². The monoisotopic (exact) mass is 434 g/mol. The molecule has 0 radical (unpaired) electrons. The lowest BCUT2D eigenvalue weighted by Gasteiger charge is -2.28. The smallest absolute Gasteiger partial charge is 0.322 e. The van der Waals surface area contributed by atoms with Crippen molar-refractivity contribution in [3.63, 3.8) is 0 Å². The minimum absolute atomic E-state index is 0.00654. The number of nitrogens with one attached hydrogen (secondary N) is 1. The second-order valence-corrected chi connectivity index (χ2v) is 7.64. The Hall–Kier alpha value is -2.51. The first-order valence-corrected chi connectivity index (χ1v) is 10.4. The molecule has 7 nitrogen and oxygen atoms in total. The zero-order valence-electron chi connectivity index (χ0n) is 18.2. The maximum atomic E-state index is 13.0. The van der Waals surface area contributed by atoms with Crippen molar-refractivity contribution >= 4 is 29.2 Å². The van der Waals surface area contributed by atoms with Crippen LogP contribution in [0.5, 0.6) is 0 Å². The third-order valence-electron chi connectivity index (χ3n) is 4.85. The van der Waals surface area contributed by atoms with Gasteiger partial charge in [0.05, 0.1) is 13.2 Å². The number of methoxy groups -OCH3 is 1. The molecule has 3 amide bonds. The number of urea groups is 1. The van der Waals surface area contributed by atoms with E-state index in [-0.39, 0.29) is 18.5 Å². The Kier molecular flexibility index (Phi) is 9.20. The molecule has 0 unspecified atom stereocenters. The number of aryl methyl sites for hydroxylation is 2. The van der Waals surface area contributed by atoms with Gasteiger partial charge in [0.1, 0.15) is 6.54 Å². The van der Waals surface area contributed by atoms with Crippen LogP contribution in [-0.4, -0.2) is 59.7 Å². The minimum atomic E-state index is -0.323. The molecule has 1 heterocycles. The second-order valence-electron chi connectivity index (χ2n) is 7.23. The summed E-state index contributed by atoms with van der Waals surface area (Å²) in [5.41, 5.74) is 2.55. The molecule has 164 valence electrons. The number of benzene rings is 1. The van der Waals surface area contributed by atoms with E-state index in [4.69, 9.17) is 16.3 Å². The van der Waals surface area contributed by atoms with Crippen molar-refractivity contribution in [2.24, 2.45) is 7.05 Å². The topological polar surface area (TPSA) is 66.8 Å². The van der Waals surface area contributed by atoms with E-state index >= 15 is 0 Å². The number of nitrogens with zero attached hydrogens (tertiary/aromatic N) is 3. The van der Waals surface area contributed by atoms with Gasteiger partial charge in [0, 0.05) is 49.8 Å². The summed E-state index contributed by atoms with van der Waals surface area (Å²) in [5.74, 6) is -0.126. The van der Waals surface area contributed by atoms with Crippen LogP contribution >= 0.6 is 11.6 Å². The standard InChI is InChI=1S/C22H31ClN4O3/c1-5-10-27(22(29)24-18-9-8-17(2)20(23)14-18)16-21(28)26(12-13-30-4)15-19-7-6-11-25(19)3/h6-9,11,14H,5,10,12-13,15-16H2,1-4H3,(H,24,29). The maximum absolute atomic E-state index is 13.0. The molecule has 0 saturated heterocycles. The molecule has 30 heavy (non-hydrogen) atoms. The van der Waals surface area contributed by atoms with E-state index in [1.54, 1.807) is 24.1 Å². The summed E-state index contributed by atoms with van der Waals surface area (Å²) in [4.78, 5) is 29.1. The van der Waals surface area contributed by atoms with Crippen molar-refractivity contribution in [3.8, 4) is 0 Å². The van der Waals surface area contributed by atoms with E-state index in [0.29, 0.717) is 37.0 Å². The number of anilines is 1. The van der Waals surface area contributed by atoms with E-state index in [0.717, 1.165) is 17.7 Å². The van der Waals surface area contributed by atoms with Crippen molar-refractivity contribution in [1.29, 1.82) is 0 Å². The number of carbonyl (C=O) groups is 2. The van der Waals surface area contributed by atoms with Crippen LogP contribution in [0.1, 0.15) is 24.6 Å². The molecule has 0 aliphatic carbocycles. The predicted molar refractivity (Wildman–Crippen MR) is 120 cm³/mol. The number of rotatable bonds is 10. The number of halogens is 1. The normalized spacial score (nSPS) is 10.7. The van der Waals surface area contributed by atoms with E-state index in [2.05, 4.69) is 5.32 Å². The predicted octanol–water partition coefficient (Wildman–Crippen LogP) is 3.91. The average molecular weight is 435 g/mol. The first-order chi connectivity index (χ1) is 14.3. The van der Waals surface area contributed by atoms with Gasteiger partial charge in [-0.1, -0.05) is 24.6 Å². The van der Waals surface area contributed by atoms with Crippen molar-refractivity contribution in [1.82, 2.24) is 14.4 Å². The van der Waals surface area contributed by atoms with Gasteiger partial charge in [-0.05, 0) is 43.2 Å². The fourth-order valence-corrected chi connectivity index (χ4v) is 3.19. The van der Waals surface area contributed by atoms with Gasteiger partial charge in [-0.3, -0.25) is 4.79 Å². The molecule has 0 bridgehead atoms. The number of ether oxygens (including phenoxy) is 1. The highest BCUT2D eigenvalue weighted by Gasteiger charge is 2.22. The molecule has 0 aliphatic heterocycles. The van der Waals surface area contributed by atoms with Gasteiger partial charge in [0.15, 0.2) is 0 Å². The Balaban J connectivity index is 2.08. The highest BCUT2D eigenvalue weighted by molar-refractivity contribution is 6.31. The van der Waals surface area contributed by atoms with Gasteiger partial charge in [-0.15, -0.1) is 0 Å². The van der Waals surface area contributed by atoms with E-state index in [1.165, 1.54) is 4.90 Å². The lowest BCUT2D eigenvalue weighted by atomic mass is 10.2. The molecule has 2 aromatic rings. The number of amides is 3. The Labute approximate surface area is 183 Å². The molecular weight excluding hydrogens is 404 g/mol. The molecule has 1 N–H and O–H groups in total. The number of aromatic nitrogens is 1. The van der Waals surface area contributed by atoms with Crippen LogP contribution in [0.2, 0.25) is 5.02 Å². The Morgan fingerprint density at radius 3 is 2.57 bits per heavy atom. The van der Waals surface area contributed by atoms with Crippen molar-refractivity contribution in [2.45, 2.75) is 26.8 Å². The molecule has 8 heteroatoms. The Morgan fingerprint density at radius 2 is 1.97 bits per heavy atom. The molecule has 0 aliphatic rings. The number of hydrogen-bond donors (Lipinski definition) is 1. The van der Waals surface area contributed by atoms with Crippen LogP contribution in [-0.2, 0) is 23.1 Å². The fourth-order valence-electron chi connectivity index (χ4n) is 3.01. The Bertz CT molecular complexity index is 853. The van der Waals surface area contributed by atoms with E-state index in [9.17, 15) is 9.59 Å². The minimum Gasteiger partial charge on any atom is -0.383 e. The average Bonchev–Trinajstić information content (AvgIpc) is 3.12. The van der Waals surface area contributed by atoms with Gasteiger partial charge in [0.2, 0.25) is 5.91 Å².